The van der Waals surface area contributed by atoms with E-state index >= 15 is 0 Å². The summed E-state index contributed by atoms with van der Waals surface area (Å²) in [5.41, 5.74) is 3.82. The number of benzene rings is 1. The second-order valence-corrected chi connectivity index (χ2v) is 2.94. The fraction of sp³-hybridized carbons (Fsp3) is 0. The second-order valence-electron chi connectivity index (χ2n) is 2.41. The summed E-state index contributed by atoms with van der Waals surface area (Å²) in [6.45, 7) is 0. The number of amides is 1. The van der Waals surface area contributed by atoms with Crippen LogP contribution >= 0.6 is 11.7 Å². The number of nitrogen functional groups attached to an aromatic ring is 1. The molecular formula is C7H6N4OS. The lowest BCUT2D eigenvalue weighted by molar-refractivity contribution is 0.0955. The minimum atomic E-state index is -0.349. The van der Waals surface area contributed by atoms with Crippen molar-refractivity contribution >= 4 is 28.7 Å². The number of carbonyl (C=O) groups excluding carboxylic acids is 1. The molecule has 1 amide bonds. The number of fused-ring (bicyclic) bond motifs is 1. The van der Waals surface area contributed by atoms with E-state index in [1.807, 2.05) is 0 Å². The van der Waals surface area contributed by atoms with Crippen molar-refractivity contribution in [3.63, 3.8) is 0 Å². The van der Waals surface area contributed by atoms with Gasteiger partial charge in [0.25, 0.3) is 5.91 Å². The molecule has 1 heterocycles. The summed E-state index contributed by atoms with van der Waals surface area (Å²) in [5.74, 6) is 4.67. The maximum absolute atomic E-state index is 11.2. The Morgan fingerprint density at radius 1 is 1.46 bits per heavy atom. The van der Waals surface area contributed by atoms with E-state index in [4.69, 9.17) is 5.84 Å². The van der Waals surface area contributed by atoms with Gasteiger partial charge in [-0.25, -0.2) is 5.84 Å². The highest BCUT2D eigenvalue weighted by Crippen LogP contribution is 2.15. The van der Waals surface area contributed by atoms with Crippen molar-refractivity contribution in [2.24, 2.45) is 5.84 Å². The Balaban J connectivity index is 2.67. The van der Waals surface area contributed by atoms with E-state index < -0.39 is 0 Å². The highest BCUT2D eigenvalue weighted by molar-refractivity contribution is 7.00. The van der Waals surface area contributed by atoms with Gasteiger partial charge in [0.1, 0.15) is 11.0 Å². The van der Waals surface area contributed by atoms with E-state index in [-0.39, 0.29) is 5.91 Å². The first kappa shape index (κ1) is 8.09. The molecule has 0 fully saturated rings. The van der Waals surface area contributed by atoms with Crippen molar-refractivity contribution in [3.8, 4) is 0 Å². The molecule has 2 aromatic rings. The molecule has 13 heavy (non-hydrogen) atoms. The fourth-order valence-electron chi connectivity index (χ4n) is 1.07. The molecule has 2 rings (SSSR count). The molecule has 0 saturated carbocycles. The Labute approximate surface area is 77.9 Å². The summed E-state index contributed by atoms with van der Waals surface area (Å²) < 4.78 is 8.01. The zero-order chi connectivity index (χ0) is 9.26. The minimum Gasteiger partial charge on any atom is -0.290 e. The summed E-state index contributed by atoms with van der Waals surface area (Å²) in [6.07, 6.45) is 0. The van der Waals surface area contributed by atoms with Crippen LogP contribution in [0.25, 0.3) is 11.0 Å². The number of aromatic nitrogens is 2. The molecule has 66 valence electrons. The van der Waals surface area contributed by atoms with E-state index in [1.165, 1.54) is 0 Å². The SMILES string of the molecule is NNC(=O)c1cccc2nsnc12. The standard InChI is InChI=1S/C7H6N4OS/c8-9-7(12)4-2-1-3-5-6(4)11-13-10-5/h1-3H,8H2,(H,9,12). The summed E-state index contributed by atoms with van der Waals surface area (Å²) in [6, 6.07) is 5.20. The summed E-state index contributed by atoms with van der Waals surface area (Å²) in [4.78, 5) is 11.2. The van der Waals surface area contributed by atoms with Crippen molar-refractivity contribution < 1.29 is 4.79 Å². The zero-order valence-electron chi connectivity index (χ0n) is 6.52. The van der Waals surface area contributed by atoms with Crippen LogP contribution in [-0.4, -0.2) is 14.7 Å². The lowest BCUT2D eigenvalue weighted by Gasteiger charge is -1.98. The molecule has 0 aliphatic carbocycles. The smallest absolute Gasteiger partial charge is 0.267 e. The van der Waals surface area contributed by atoms with E-state index in [0.29, 0.717) is 16.6 Å². The van der Waals surface area contributed by atoms with Crippen LogP contribution in [0.2, 0.25) is 0 Å². The topological polar surface area (TPSA) is 80.9 Å². The van der Waals surface area contributed by atoms with Gasteiger partial charge in [-0.2, -0.15) is 8.75 Å². The van der Waals surface area contributed by atoms with Gasteiger partial charge >= 0.3 is 0 Å². The van der Waals surface area contributed by atoms with Crippen LogP contribution in [0.15, 0.2) is 18.2 Å². The van der Waals surface area contributed by atoms with Crippen LogP contribution in [0.5, 0.6) is 0 Å². The number of carbonyl (C=O) groups is 1. The van der Waals surface area contributed by atoms with Gasteiger partial charge in [-0.3, -0.25) is 10.2 Å². The Morgan fingerprint density at radius 3 is 3.08 bits per heavy atom. The third-order valence-corrected chi connectivity index (χ3v) is 2.20. The maximum Gasteiger partial charge on any atom is 0.267 e. The van der Waals surface area contributed by atoms with E-state index in [2.05, 4.69) is 14.2 Å². The highest BCUT2D eigenvalue weighted by atomic mass is 32.1. The van der Waals surface area contributed by atoms with Gasteiger partial charge in [-0.1, -0.05) is 6.07 Å². The van der Waals surface area contributed by atoms with Gasteiger partial charge < -0.3 is 0 Å². The third-order valence-electron chi connectivity index (χ3n) is 1.66. The average molecular weight is 194 g/mol. The average Bonchev–Trinajstić information content (AvgIpc) is 2.63. The number of rotatable bonds is 1. The Hall–Kier alpha value is -1.53. The summed E-state index contributed by atoms with van der Waals surface area (Å²) in [7, 11) is 0. The molecule has 0 saturated heterocycles. The second kappa shape index (κ2) is 3.08. The molecule has 5 nitrogen and oxygen atoms in total. The molecule has 0 aliphatic rings. The fourth-order valence-corrected chi connectivity index (χ4v) is 1.62. The number of hydrogen-bond donors (Lipinski definition) is 2. The predicted octanol–water partition coefficient (Wildman–Crippen LogP) is 0.295. The Bertz CT molecular complexity index is 452. The molecule has 0 radical (unpaired) electrons. The van der Waals surface area contributed by atoms with Crippen molar-refractivity contribution in [2.45, 2.75) is 0 Å². The predicted molar refractivity (Wildman–Crippen MR) is 49.1 cm³/mol. The third kappa shape index (κ3) is 1.25. The number of nitrogens with two attached hydrogens (primary N) is 1. The van der Waals surface area contributed by atoms with Crippen LogP contribution in [0.1, 0.15) is 10.4 Å². The first-order valence-corrected chi connectivity index (χ1v) is 4.28. The lowest BCUT2D eigenvalue weighted by Crippen LogP contribution is -2.30. The van der Waals surface area contributed by atoms with Crippen LogP contribution in [0.3, 0.4) is 0 Å². The molecule has 6 heteroatoms. The van der Waals surface area contributed by atoms with Crippen LogP contribution in [0.4, 0.5) is 0 Å². The van der Waals surface area contributed by atoms with Gasteiger partial charge in [-0.05, 0) is 12.1 Å². The summed E-state index contributed by atoms with van der Waals surface area (Å²) >= 11 is 1.07. The Kier molecular flexibility index (Phi) is 1.91. The molecule has 0 spiro atoms. The summed E-state index contributed by atoms with van der Waals surface area (Å²) in [5, 5.41) is 0. The Morgan fingerprint density at radius 2 is 2.31 bits per heavy atom. The van der Waals surface area contributed by atoms with Gasteiger partial charge in [0.05, 0.1) is 17.3 Å². The number of hydrogen-bond acceptors (Lipinski definition) is 5. The molecule has 3 N–H and O–H groups in total. The lowest BCUT2D eigenvalue weighted by atomic mass is 10.2. The monoisotopic (exact) mass is 194 g/mol. The molecule has 1 aromatic heterocycles. The molecular weight excluding hydrogens is 188 g/mol. The van der Waals surface area contributed by atoms with Crippen molar-refractivity contribution in [3.05, 3.63) is 23.8 Å². The quantitative estimate of drug-likeness (QED) is 0.388. The van der Waals surface area contributed by atoms with Crippen LogP contribution in [0, 0.1) is 0 Å². The number of hydrazine groups is 1. The normalized spacial score (nSPS) is 10.2. The molecule has 0 unspecified atom stereocenters. The van der Waals surface area contributed by atoms with Gasteiger partial charge in [-0.15, -0.1) is 0 Å². The van der Waals surface area contributed by atoms with E-state index in [0.717, 1.165) is 11.7 Å². The van der Waals surface area contributed by atoms with Gasteiger partial charge in [0, 0.05) is 0 Å². The highest BCUT2D eigenvalue weighted by Gasteiger charge is 2.10. The van der Waals surface area contributed by atoms with E-state index in [9.17, 15) is 4.79 Å². The maximum atomic E-state index is 11.2. The molecule has 0 aliphatic heterocycles. The van der Waals surface area contributed by atoms with Crippen LogP contribution < -0.4 is 11.3 Å². The molecule has 1 aromatic carbocycles. The molecule has 0 atom stereocenters. The van der Waals surface area contributed by atoms with Crippen LogP contribution in [-0.2, 0) is 0 Å². The number of nitrogens with one attached hydrogen (secondary N) is 1. The van der Waals surface area contributed by atoms with Crippen molar-refractivity contribution in [1.82, 2.24) is 14.2 Å². The van der Waals surface area contributed by atoms with Gasteiger partial charge in [0.2, 0.25) is 0 Å². The van der Waals surface area contributed by atoms with Crippen molar-refractivity contribution in [1.29, 1.82) is 0 Å². The van der Waals surface area contributed by atoms with Crippen molar-refractivity contribution in [2.75, 3.05) is 0 Å². The zero-order valence-corrected chi connectivity index (χ0v) is 7.34. The molecule has 0 bridgehead atoms. The minimum absolute atomic E-state index is 0.349. The first-order valence-electron chi connectivity index (χ1n) is 3.55. The van der Waals surface area contributed by atoms with Gasteiger partial charge in [0.15, 0.2) is 0 Å². The number of nitrogens with zero attached hydrogens (tertiary/aromatic N) is 2. The largest absolute Gasteiger partial charge is 0.290 e. The first-order chi connectivity index (χ1) is 6.33. The van der Waals surface area contributed by atoms with E-state index in [1.54, 1.807) is 18.2 Å².